The Hall–Kier alpha value is -1.85. The van der Waals surface area contributed by atoms with Crippen LogP contribution in [0.3, 0.4) is 0 Å². The van der Waals surface area contributed by atoms with Crippen molar-refractivity contribution in [1.82, 2.24) is 9.88 Å². The number of aromatic amines is 1. The molecule has 1 saturated heterocycles. The first-order valence-electron chi connectivity index (χ1n) is 6.37. The highest BCUT2D eigenvalue weighted by Gasteiger charge is 2.28. The number of fused-ring (bicyclic) bond motifs is 1. The molecule has 5 heteroatoms. The van der Waals surface area contributed by atoms with E-state index in [0.717, 1.165) is 10.9 Å². The van der Waals surface area contributed by atoms with Crippen molar-refractivity contribution < 1.29 is 14.6 Å². The summed E-state index contributed by atoms with van der Waals surface area (Å²) in [6, 6.07) is 7.27. The van der Waals surface area contributed by atoms with Gasteiger partial charge in [0.25, 0.3) is 5.91 Å². The molecule has 1 fully saturated rings. The minimum atomic E-state index is -0.254. The number of carbonyl (C=O) groups excluding carboxylic acids is 1. The van der Waals surface area contributed by atoms with Crippen LogP contribution in [0.1, 0.15) is 10.4 Å². The van der Waals surface area contributed by atoms with Crippen molar-refractivity contribution in [1.29, 1.82) is 0 Å². The Labute approximate surface area is 110 Å². The lowest BCUT2D eigenvalue weighted by atomic mass is 10.1. The van der Waals surface area contributed by atoms with Gasteiger partial charge in [0.05, 0.1) is 25.9 Å². The fraction of sp³-hybridized carbons (Fsp3) is 0.357. The van der Waals surface area contributed by atoms with E-state index in [1.54, 1.807) is 4.90 Å². The van der Waals surface area contributed by atoms with Gasteiger partial charge in [-0.05, 0) is 18.2 Å². The first-order valence-corrected chi connectivity index (χ1v) is 6.37. The number of benzene rings is 1. The molecule has 1 amide bonds. The fourth-order valence-electron chi connectivity index (χ4n) is 2.50. The molecule has 1 aliphatic heterocycles. The second-order valence-corrected chi connectivity index (χ2v) is 4.65. The first-order chi connectivity index (χ1) is 9.31. The number of amides is 1. The van der Waals surface area contributed by atoms with Crippen LogP contribution in [0.25, 0.3) is 10.9 Å². The third-order valence-corrected chi connectivity index (χ3v) is 3.52. The maximum Gasteiger partial charge on any atom is 0.255 e. The Morgan fingerprint density at radius 3 is 3.21 bits per heavy atom. The monoisotopic (exact) mass is 260 g/mol. The van der Waals surface area contributed by atoms with Crippen molar-refractivity contribution in [3.05, 3.63) is 36.0 Å². The molecule has 0 radical (unpaired) electrons. The fourth-order valence-corrected chi connectivity index (χ4v) is 2.50. The number of rotatable bonds is 2. The number of ether oxygens (including phenoxy) is 1. The van der Waals surface area contributed by atoms with Crippen LogP contribution < -0.4 is 0 Å². The van der Waals surface area contributed by atoms with Crippen molar-refractivity contribution in [2.45, 2.75) is 6.04 Å². The smallest absolute Gasteiger partial charge is 0.255 e. The molecule has 1 unspecified atom stereocenters. The molecular formula is C14H16N2O3. The Balaban J connectivity index is 1.96. The summed E-state index contributed by atoms with van der Waals surface area (Å²) in [5, 5.41) is 10.3. The van der Waals surface area contributed by atoms with Gasteiger partial charge in [-0.15, -0.1) is 0 Å². The number of hydrogen-bond donors (Lipinski definition) is 2. The molecule has 3 rings (SSSR count). The van der Waals surface area contributed by atoms with E-state index in [0.29, 0.717) is 25.3 Å². The zero-order chi connectivity index (χ0) is 13.2. The normalized spacial score (nSPS) is 19.8. The molecule has 1 aromatic heterocycles. The molecule has 0 aliphatic carbocycles. The van der Waals surface area contributed by atoms with Crippen LogP contribution in [0.15, 0.2) is 30.5 Å². The number of H-pyrrole nitrogens is 1. The second-order valence-electron chi connectivity index (χ2n) is 4.65. The SMILES string of the molecule is O=C(c1cccc2[nH]ccc12)N1CCOCC1CO. The summed E-state index contributed by atoms with van der Waals surface area (Å²) in [4.78, 5) is 17.4. The van der Waals surface area contributed by atoms with E-state index < -0.39 is 0 Å². The van der Waals surface area contributed by atoms with E-state index in [9.17, 15) is 9.90 Å². The third-order valence-electron chi connectivity index (χ3n) is 3.52. The molecular weight excluding hydrogens is 244 g/mol. The van der Waals surface area contributed by atoms with E-state index >= 15 is 0 Å². The van der Waals surface area contributed by atoms with Gasteiger partial charge in [-0.25, -0.2) is 0 Å². The molecule has 0 spiro atoms. The molecule has 0 saturated carbocycles. The van der Waals surface area contributed by atoms with Crippen LogP contribution in [0.4, 0.5) is 0 Å². The lowest BCUT2D eigenvalue weighted by molar-refractivity contribution is -0.0183. The lowest BCUT2D eigenvalue weighted by Crippen LogP contribution is -2.50. The second kappa shape index (κ2) is 5.03. The van der Waals surface area contributed by atoms with E-state index in [4.69, 9.17) is 4.74 Å². The van der Waals surface area contributed by atoms with Crippen LogP contribution >= 0.6 is 0 Å². The lowest BCUT2D eigenvalue weighted by Gasteiger charge is -2.34. The zero-order valence-electron chi connectivity index (χ0n) is 10.5. The highest BCUT2D eigenvalue weighted by atomic mass is 16.5. The minimum absolute atomic E-state index is 0.0486. The summed E-state index contributed by atoms with van der Waals surface area (Å²) in [5.41, 5.74) is 1.61. The molecule has 2 aromatic rings. The van der Waals surface area contributed by atoms with E-state index in [1.807, 2.05) is 30.5 Å². The van der Waals surface area contributed by atoms with Crippen molar-refractivity contribution in [2.75, 3.05) is 26.4 Å². The Kier molecular flexibility index (Phi) is 3.23. The van der Waals surface area contributed by atoms with Gasteiger partial charge in [0.2, 0.25) is 0 Å². The Morgan fingerprint density at radius 1 is 1.47 bits per heavy atom. The molecule has 1 aliphatic rings. The van der Waals surface area contributed by atoms with Crippen molar-refractivity contribution in [3.8, 4) is 0 Å². The van der Waals surface area contributed by atoms with E-state index in [1.165, 1.54) is 0 Å². The van der Waals surface area contributed by atoms with E-state index in [2.05, 4.69) is 4.98 Å². The van der Waals surface area contributed by atoms with E-state index in [-0.39, 0.29) is 18.6 Å². The highest BCUT2D eigenvalue weighted by molar-refractivity contribution is 6.06. The highest BCUT2D eigenvalue weighted by Crippen LogP contribution is 2.21. The molecule has 2 heterocycles. The average Bonchev–Trinajstić information content (AvgIpc) is 2.94. The van der Waals surface area contributed by atoms with Gasteiger partial charge < -0.3 is 19.7 Å². The number of carbonyl (C=O) groups is 1. The standard InChI is InChI=1S/C14H16N2O3/c17-8-10-9-19-7-6-16(10)14(18)12-2-1-3-13-11(12)4-5-15-13/h1-5,10,15,17H,6-9H2. The Bertz CT molecular complexity index is 593. The van der Waals surface area contributed by atoms with Gasteiger partial charge in [0, 0.05) is 29.2 Å². The summed E-state index contributed by atoms with van der Waals surface area (Å²) < 4.78 is 5.30. The van der Waals surface area contributed by atoms with Gasteiger partial charge in [-0.3, -0.25) is 4.79 Å². The van der Waals surface area contributed by atoms with Crippen molar-refractivity contribution >= 4 is 16.8 Å². The van der Waals surface area contributed by atoms with Crippen LogP contribution in [-0.2, 0) is 4.74 Å². The largest absolute Gasteiger partial charge is 0.394 e. The van der Waals surface area contributed by atoms with Crippen molar-refractivity contribution in [2.24, 2.45) is 0 Å². The summed E-state index contributed by atoms with van der Waals surface area (Å²) in [6.45, 7) is 1.36. The Morgan fingerprint density at radius 2 is 2.37 bits per heavy atom. The molecule has 19 heavy (non-hydrogen) atoms. The molecule has 2 N–H and O–H groups in total. The maximum absolute atomic E-state index is 12.6. The van der Waals surface area contributed by atoms with Crippen LogP contribution in [0.5, 0.6) is 0 Å². The van der Waals surface area contributed by atoms with Crippen molar-refractivity contribution in [3.63, 3.8) is 0 Å². The molecule has 1 atom stereocenters. The quantitative estimate of drug-likeness (QED) is 0.846. The van der Waals surface area contributed by atoms with Crippen LogP contribution in [-0.4, -0.2) is 53.3 Å². The first kappa shape index (κ1) is 12.2. The molecule has 0 bridgehead atoms. The average molecular weight is 260 g/mol. The van der Waals surface area contributed by atoms with Gasteiger partial charge in [0.1, 0.15) is 0 Å². The van der Waals surface area contributed by atoms with Gasteiger partial charge in [-0.1, -0.05) is 6.07 Å². The van der Waals surface area contributed by atoms with Crippen LogP contribution in [0, 0.1) is 0 Å². The number of morpholine rings is 1. The number of nitrogens with one attached hydrogen (secondary N) is 1. The topological polar surface area (TPSA) is 65.6 Å². The summed E-state index contributed by atoms with van der Waals surface area (Å²) in [7, 11) is 0. The number of aliphatic hydroxyl groups excluding tert-OH is 1. The molecule has 5 nitrogen and oxygen atoms in total. The summed E-state index contributed by atoms with van der Waals surface area (Å²) in [5.74, 6) is -0.0486. The number of hydrogen-bond acceptors (Lipinski definition) is 3. The van der Waals surface area contributed by atoms with Gasteiger partial charge in [0.15, 0.2) is 0 Å². The summed E-state index contributed by atoms with van der Waals surface area (Å²) >= 11 is 0. The number of aliphatic hydroxyl groups is 1. The number of nitrogens with zero attached hydrogens (tertiary/aromatic N) is 1. The predicted molar refractivity (Wildman–Crippen MR) is 71.0 cm³/mol. The molecule has 100 valence electrons. The predicted octanol–water partition coefficient (Wildman–Crippen LogP) is 1.00. The maximum atomic E-state index is 12.6. The van der Waals surface area contributed by atoms with Gasteiger partial charge in [-0.2, -0.15) is 0 Å². The summed E-state index contributed by atoms with van der Waals surface area (Å²) in [6.07, 6.45) is 1.82. The van der Waals surface area contributed by atoms with Gasteiger partial charge >= 0.3 is 0 Å². The minimum Gasteiger partial charge on any atom is -0.394 e. The van der Waals surface area contributed by atoms with Crippen LogP contribution in [0.2, 0.25) is 0 Å². The zero-order valence-corrected chi connectivity index (χ0v) is 10.5. The molecule has 1 aromatic carbocycles. The third kappa shape index (κ3) is 2.11. The number of aromatic nitrogens is 1.